The molecule has 1 saturated heterocycles. The van der Waals surface area contributed by atoms with Crippen LogP contribution in [0.4, 0.5) is 0 Å². The molecule has 2 aliphatic rings. The van der Waals surface area contributed by atoms with Crippen molar-refractivity contribution in [3.8, 4) is 5.75 Å². The Balaban J connectivity index is 1.73. The SMILES string of the molecule is COc1ccc(CN2C(=O)C[C@H](C)C3C(C)[C@H]32)cc1. The van der Waals surface area contributed by atoms with Gasteiger partial charge in [0.2, 0.25) is 5.91 Å². The number of amides is 1. The quantitative estimate of drug-likeness (QED) is 0.835. The van der Waals surface area contributed by atoms with Gasteiger partial charge in [0.15, 0.2) is 0 Å². The van der Waals surface area contributed by atoms with E-state index in [4.69, 9.17) is 4.74 Å². The molecule has 0 radical (unpaired) electrons. The lowest BCUT2D eigenvalue weighted by Gasteiger charge is -2.29. The van der Waals surface area contributed by atoms with Gasteiger partial charge in [-0.05, 0) is 35.4 Å². The van der Waals surface area contributed by atoms with E-state index in [-0.39, 0.29) is 0 Å². The second kappa shape index (κ2) is 4.55. The maximum Gasteiger partial charge on any atom is 0.223 e. The second-order valence-electron chi connectivity index (χ2n) is 5.98. The number of ether oxygens (including phenoxy) is 1. The third-order valence-electron chi connectivity index (χ3n) is 4.75. The smallest absolute Gasteiger partial charge is 0.223 e. The first-order chi connectivity index (χ1) is 9.11. The molecule has 1 amide bonds. The topological polar surface area (TPSA) is 29.5 Å². The predicted molar refractivity (Wildman–Crippen MR) is 73.8 cm³/mol. The first kappa shape index (κ1) is 12.5. The summed E-state index contributed by atoms with van der Waals surface area (Å²) in [5.41, 5.74) is 1.18. The van der Waals surface area contributed by atoms with E-state index >= 15 is 0 Å². The van der Waals surface area contributed by atoms with Crippen molar-refractivity contribution in [1.29, 1.82) is 0 Å². The normalized spacial score (nSPS) is 33.0. The van der Waals surface area contributed by atoms with Crippen LogP contribution in [0.15, 0.2) is 24.3 Å². The van der Waals surface area contributed by atoms with Crippen molar-refractivity contribution >= 4 is 5.91 Å². The fourth-order valence-corrected chi connectivity index (χ4v) is 3.63. The first-order valence-electron chi connectivity index (χ1n) is 7.04. The van der Waals surface area contributed by atoms with Crippen LogP contribution in [0.5, 0.6) is 5.75 Å². The van der Waals surface area contributed by atoms with Crippen LogP contribution in [-0.4, -0.2) is 24.0 Å². The van der Waals surface area contributed by atoms with Gasteiger partial charge in [0.1, 0.15) is 5.75 Å². The minimum absolute atomic E-state index is 0.314. The number of carbonyl (C=O) groups is 1. The number of fused-ring (bicyclic) bond motifs is 1. The van der Waals surface area contributed by atoms with Crippen molar-refractivity contribution in [3.63, 3.8) is 0 Å². The number of hydrogen-bond acceptors (Lipinski definition) is 2. The molecule has 2 fully saturated rings. The van der Waals surface area contributed by atoms with Gasteiger partial charge in [-0.15, -0.1) is 0 Å². The Morgan fingerprint density at radius 2 is 1.95 bits per heavy atom. The summed E-state index contributed by atoms with van der Waals surface area (Å²) in [6, 6.07) is 8.48. The van der Waals surface area contributed by atoms with Gasteiger partial charge in [0.05, 0.1) is 7.11 Å². The second-order valence-corrected chi connectivity index (χ2v) is 5.98. The summed E-state index contributed by atoms with van der Waals surface area (Å²) in [6.45, 7) is 5.22. The lowest BCUT2D eigenvalue weighted by atomic mass is 9.96. The lowest BCUT2D eigenvalue weighted by molar-refractivity contribution is -0.136. The number of rotatable bonds is 3. The van der Waals surface area contributed by atoms with Gasteiger partial charge >= 0.3 is 0 Å². The van der Waals surface area contributed by atoms with Gasteiger partial charge < -0.3 is 9.64 Å². The minimum Gasteiger partial charge on any atom is -0.497 e. The fraction of sp³-hybridized carbons (Fsp3) is 0.562. The van der Waals surface area contributed by atoms with Crippen LogP contribution < -0.4 is 4.74 Å². The predicted octanol–water partition coefficient (Wildman–Crippen LogP) is 2.70. The molecule has 0 bridgehead atoms. The Morgan fingerprint density at radius 1 is 1.26 bits per heavy atom. The van der Waals surface area contributed by atoms with E-state index in [0.717, 1.165) is 18.2 Å². The highest BCUT2D eigenvalue weighted by Gasteiger charge is 2.57. The lowest BCUT2D eigenvalue weighted by Crippen LogP contribution is -2.39. The number of piperidine rings is 1. The molecule has 4 atom stereocenters. The van der Waals surface area contributed by atoms with E-state index in [1.165, 1.54) is 5.56 Å². The maximum atomic E-state index is 12.2. The maximum absolute atomic E-state index is 12.2. The minimum atomic E-state index is 0.314. The van der Waals surface area contributed by atoms with E-state index in [9.17, 15) is 4.79 Å². The molecule has 0 spiro atoms. The Kier molecular flexibility index (Phi) is 3.00. The van der Waals surface area contributed by atoms with Crippen LogP contribution in [0.2, 0.25) is 0 Å². The molecule has 102 valence electrons. The average molecular weight is 259 g/mol. The van der Waals surface area contributed by atoms with Crippen molar-refractivity contribution in [1.82, 2.24) is 4.90 Å². The molecule has 0 N–H and O–H groups in total. The van der Waals surface area contributed by atoms with E-state index in [2.05, 4.69) is 18.7 Å². The van der Waals surface area contributed by atoms with Crippen LogP contribution in [0.25, 0.3) is 0 Å². The zero-order chi connectivity index (χ0) is 13.6. The summed E-state index contributed by atoms with van der Waals surface area (Å²) in [6.07, 6.45) is 0.710. The molecule has 3 heteroatoms. The van der Waals surface area contributed by atoms with Gasteiger partial charge in [-0.2, -0.15) is 0 Å². The van der Waals surface area contributed by atoms with Gasteiger partial charge in [-0.25, -0.2) is 0 Å². The van der Waals surface area contributed by atoms with Crippen LogP contribution in [0.3, 0.4) is 0 Å². The Morgan fingerprint density at radius 3 is 2.58 bits per heavy atom. The van der Waals surface area contributed by atoms with Gasteiger partial charge in [-0.1, -0.05) is 26.0 Å². The fourth-order valence-electron chi connectivity index (χ4n) is 3.63. The molecule has 1 aliphatic carbocycles. The molecule has 1 saturated carbocycles. The molecule has 2 unspecified atom stereocenters. The van der Waals surface area contributed by atoms with E-state index in [1.807, 2.05) is 24.3 Å². The zero-order valence-electron chi connectivity index (χ0n) is 11.8. The Bertz CT molecular complexity index is 482. The number of nitrogens with zero attached hydrogens (tertiary/aromatic N) is 1. The molecule has 1 heterocycles. The Labute approximate surface area is 114 Å². The van der Waals surface area contributed by atoms with Crippen molar-refractivity contribution in [2.24, 2.45) is 17.8 Å². The van der Waals surface area contributed by atoms with Gasteiger partial charge in [0, 0.05) is 19.0 Å². The molecule has 1 aromatic carbocycles. The molecule has 3 rings (SSSR count). The summed E-state index contributed by atoms with van der Waals surface area (Å²) in [7, 11) is 1.67. The van der Waals surface area contributed by atoms with Crippen molar-refractivity contribution in [3.05, 3.63) is 29.8 Å². The molecule has 1 aliphatic heterocycles. The molecule has 3 nitrogen and oxygen atoms in total. The third-order valence-corrected chi connectivity index (χ3v) is 4.75. The van der Waals surface area contributed by atoms with Crippen LogP contribution in [0, 0.1) is 17.8 Å². The highest BCUT2D eigenvalue weighted by atomic mass is 16.5. The monoisotopic (exact) mass is 259 g/mol. The first-order valence-corrected chi connectivity index (χ1v) is 7.04. The van der Waals surface area contributed by atoms with Crippen molar-refractivity contribution in [2.75, 3.05) is 7.11 Å². The molecule has 1 aromatic rings. The third kappa shape index (κ3) is 2.11. The summed E-state index contributed by atoms with van der Waals surface area (Å²) in [5, 5.41) is 0. The van der Waals surface area contributed by atoms with Gasteiger partial charge in [-0.3, -0.25) is 4.79 Å². The van der Waals surface area contributed by atoms with Crippen LogP contribution in [-0.2, 0) is 11.3 Å². The zero-order valence-corrected chi connectivity index (χ0v) is 11.8. The summed E-state index contributed by atoms with van der Waals surface area (Å²) in [5.74, 6) is 3.11. The van der Waals surface area contributed by atoms with Crippen molar-refractivity contribution < 1.29 is 9.53 Å². The molecule has 0 aromatic heterocycles. The van der Waals surface area contributed by atoms with E-state index < -0.39 is 0 Å². The van der Waals surface area contributed by atoms with Crippen molar-refractivity contribution in [2.45, 2.75) is 32.9 Å². The largest absolute Gasteiger partial charge is 0.497 e. The molecule has 19 heavy (non-hydrogen) atoms. The summed E-state index contributed by atoms with van der Waals surface area (Å²) >= 11 is 0. The summed E-state index contributed by atoms with van der Waals surface area (Å²) < 4.78 is 5.16. The molecular weight excluding hydrogens is 238 g/mol. The standard InChI is InChI=1S/C16H21NO2/c1-10-8-14(18)17(16-11(2)15(10)16)9-12-4-6-13(19-3)7-5-12/h4-7,10-11,15-16H,8-9H2,1-3H3/t10-,11?,15?,16+/m0/s1. The van der Waals surface area contributed by atoms with Crippen LogP contribution in [0.1, 0.15) is 25.8 Å². The average Bonchev–Trinajstić information content (AvgIpc) is 3.07. The highest BCUT2D eigenvalue weighted by molar-refractivity contribution is 5.78. The van der Waals surface area contributed by atoms with Crippen LogP contribution >= 0.6 is 0 Å². The number of likely N-dealkylation sites (tertiary alicyclic amines) is 1. The van der Waals surface area contributed by atoms with E-state index in [1.54, 1.807) is 7.11 Å². The number of methoxy groups -OCH3 is 1. The number of carbonyl (C=O) groups excluding carboxylic acids is 1. The van der Waals surface area contributed by atoms with Gasteiger partial charge in [0.25, 0.3) is 0 Å². The Hall–Kier alpha value is -1.51. The molecular formula is C16H21NO2. The van der Waals surface area contributed by atoms with E-state index in [0.29, 0.717) is 30.2 Å². The summed E-state index contributed by atoms with van der Waals surface area (Å²) in [4.78, 5) is 14.3. The number of hydrogen-bond donors (Lipinski definition) is 0. The highest BCUT2D eigenvalue weighted by Crippen LogP contribution is 2.52. The number of benzene rings is 1.